The average Bonchev–Trinajstić information content (AvgIpc) is 2.67. The second-order valence-electron chi connectivity index (χ2n) is 5.25. The number of rotatable bonds is 3. The molecule has 1 fully saturated rings. The summed E-state index contributed by atoms with van der Waals surface area (Å²) in [6.07, 6.45) is 2.62. The largest absolute Gasteiger partial charge is 0.490 e. The van der Waals surface area contributed by atoms with Gasteiger partial charge in [0.05, 0.1) is 6.61 Å². The molecule has 2 rings (SSSR count). The predicted octanol–water partition coefficient (Wildman–Crippen LogP) is 1.92. The lowest BCUT2D eigenvalue weighted by molar-refractivity contribution is 0.165. The molecule has 1 aromatic rings. The highest BCUT2D eigenvalue weighted by Gasteiger charge is 2.36. The van der Waals surface area contributed by atoms with Gasteiger partial charge >= 0.3 is 0 Å². The van der Waals surface area contributed by atoms with Gasteiger partial charge in [-0.3, -0.25) is 0 Å². The van der Waals surface area contributed by atoms with Crippen molar-refractivity contribution in [1.82, 2.24) is 0 Å². The second-order valence-corrected chi connectivity index (χ2v) is 5.25. The summed E-state index contributed by atoms with van der Waals surface area (Å²) in [6, 6.07) is 6.13. The Morgan fingerprint density at radius 1 is 1.41 bits per heavy atom. The maximum absolute atomic E-state index is 9.21. The van der Waals surface area contributed by atoms with Crippen molar-refractivity contribution < 1.29 is 9.84 Å². The summed E-state index contributed by atoms with van der Waals surface area (Å²) in [5, 5.41) is 9.21. The molecule has 1 saturated carbocycles. The molecule has 3 nitrogen and oxygen atoms in total. The molecule has 0 spiro atoms. The Balaban J connectivity index is 2.00. The van der Waals surface area contributed by atoms with E-state index >= 15 is 0 Å². The fraction of sp³-hybridized carbons (Fsp3) is 0.571. The Morgan fingerprint density at radius 2 is 2.18 bits per heavy atom. The molecule has 0 aromatic heterocycles. The van der Waals surface area contributed by atoms with Crippen LogP contribution in [-0.4, -0.2) is 23.4 Å². The van der Waals surface area contributed by atoms with Gasteiger partial charge in [-0.1, -0.05) is 6.07 Å². The zero-order valence-corrected chi connectivity index (χ0v) is 10.6. The van der Waals surface area contributed by atoms with E-state index in [0.29, 0.717) is 0 Å². The van der Waals surface area contributed by atoms with E-state index < -0.39 is 5.54 Å². The van der Waals surface area contributed by atoms with Crippen molar-refractivity contribution in [1.29, 1.82) is 0 Å². The van der Waals surface area contributed by atoms with Gasteiger partial charge in [-0.15, -0.1) is 0 Å². The van der Waals surface area contributed by atoms with E-state index in [-0.39, 0.29) is 12.7 Å². The fourth-order valence-electron chi connectivity index (χ4n) is 2.33. The molecule has 2 atom stereocenters. The highest BCUT2D eigenvalue weighted by Crippen LogP contribution is 2.31. The molecule has 3 N–H and O–H groups in total. The number of ether oxygens (including phenoxy) is 1. The predicted molar refractivity (Wildman–Crippen MR) is 68.2 cm³/mol. The SMILES string of the molecule is Cc1ccc(OC2CCC(N)(CO)C2)cc1C. The third-order valence-corrected chi connectivity index (χ3v) is 3.69. The summed E-state index contributed by atoms with van der Waals surface area (Å²) in [7, 11) is 0. The number of hydrogen-bond donors (Lipinski definition) is 2. The van der Waals surface area contributed by atoms with Gasteiger partial charge in [-0.25, -0.2) is 0 Å². The second kappa shape index (κ2) is 4.67. The lowest BCUT2D eigenvalue weighted by Gasteiger charge is -2.21. The Labute approximate surface area is 103 Å². The molecule has 0 bridgehead atoms. The molecule has 17 heavy (non-hydrogen) atoms. The van der Waals surface area contributed by atoms with Gasteiger partial charge < -0.3 is 15.6 Å². The summed E-state index contributed by atoms with van der Waals surface area (Å²) in [6.45, 7) is 4.21. The van der Waals surface area contributed by atoms with Crippen LogP contribution in [0.3, 0.4) is 0 Å². The van der Waals surface area contributed by atoms with Gasteiger partial charge in [0.15, 0.2) is 0 Å². The van der Waals surface area contributed by atoms with Crippen LogP contribution in [0.5, 0.6) is 5.75 Å². The summed E-state index contributed by atoms with van der Waals surface area (Å²) in [5.41, 5.74) is 8.09. The van der Waals surface area contributed by atoms with Crippen LogP contribution in [0.1, 0.15) is 30.4 Å². The lowest BCUT2D eigenvalue weighted by Crippen LogP contribution is -2.41. The number of hydrogen-bond acceptors (Lipinski definition) is 3. The van der Waals surface area contributed by atoms with Gasteiger partial charge in [-0.05, 0) is 49.9 Å². The molecule has 0 saturated heterocycles. The molecule has 1 aromatic carbocycles. The van der Waals surface area contributed by atoms with Crippen LogP contribution >= 0.6 is 0 Å². The number of aliphatic hydroxyl groups excluding tert-OH is 1. The maximum Gasteiger partial charge on any atom is 0.120 e. The Morgan fingerprint density at radius 3 is 2.76 bits per heavy atom. The van der Waals surface area contributed by atoms with Crippen LogP contribution < -0.4 is 10.5 Å². The summed E-state index contributed by atoms with van der Waals surface area (Å²) in [4.78, 5) is 0. The molecule has 0 radical (unpaired) electrons. The number of benzene rings is 1. The van der Waals surface area contributed by atoms with Crippen molar-refractivity contribution in [3.63, 3.8) is 0 Å². The number of nitrogens with two attached hydrogens (primary N) is 1. The highest BCUT2D eigenvalue weighted by atomic mass is 16.5. The molecule has 0 heterocycles. The molecule has 2 unspecified atom stereocenters. The van der Waals surface area contributed by atoms with Gasteiger partial charge in [0.2, 0.25) is 0 Å². The van der Waals surface area contributed by atoms with E-state index in [0.717, 1.165) is 25.0 Å². The van der Waals surface area contributed by atoms with Crippen LogP contribution in [-0.2, 0) is 0 Å². The first-order valence-electron chi connectivity index (χ1n) is 6.16. The molecular formula is C14H21NO2. The quantitative estimate of drug-likeness (QED) is 0.841. The summed E-state index contributed by atoms with van der Waals surface area (Å²) in [5.74, 6) is 0.903. The molecular weight excluding hydrogens is 214 g/mol. The van der Waals surface area contributed by atoms with E-state index in [1.807, 2.05) is 6.07 Å². The molecule has 0 amide bonds. The van der Waals surface area contributed by atoms with E-state index in [1.54, 1.807) is 0 Å². The van der Waals surface area contributed by atoms with E-state index in [9.17, 15) is 5.11 Å². The first-order valence-corrected chi connectivity index (χ1v) is 6.16. The van der Waals surface area contributed by atoms with Crippen molar-refractivity contribution in [3.05, 3.63) is 29.3 Å². The van der Waals surface area contributed by atoms with Crippen LogP contribution in [0.4, 0.5) is 0 Å². The molecule has 1 aliphatic carbocycles. The zero-order valence-electron chi connectivity index (χ0n) is 10.6. The highest BCUT2D eigenvalue weighted by molar-refractivity contribution is 5.34. The van der Waals surface area contributed by atoms with Crippen LogP contribution in [0.25, 0.3) is 0 Å². The monoisotopic (exact) mass is 235 g/mol. The van der Waals surface area contributed by atoms with E-state index in [2.05, 4.69) is 26.0 Å². The normalized spacial score (nSPS) is 28.4. The average molecular weight is 235 g/mol. The summed E-state index contributed by atoms with van der Waals surface area (Å²) >= 11 is 0. The minimum absolute atomic E-state index is 0.0415. The third-order valence-electron chi connectivity index (χ3n) is 3.69. The zero-order chi connectivity index (χ0) is 12.5. The van der Waals surface area contributed by atoms with Gasteiger partial charge in [0, 0.05) is 12.0 Å². The molecule has 0 aliphatic heterocycles. The van der Waals surface area contributed by atoms with Crippen molar-refractivity contribution in [2.75, 3.05) is 6.61 Å². The van der Waals surface area contributed by atoms with Crippen LogP contribution in [0.15, 0.2) is 18.2 Å². The minimum Gasteiger partial charge on any atom is -0.490 e. The Hall–Kier alpha value is -1.06. The first-order chi connectivity index (χ1) is 8.02. The topological polar surface area (TPSA) is 55.5 Å². The van der Waals surface area contributed by atoms with E-state index in [1.165, 1.54) is 11.1 Å². The summed E-state index contributed by atoms with van der Waals surface area (Å²) < 4.78 is 5.92. The minimum atomic E-state index is -0.440. The van der Waals surface area contributed by atoms with Crippen LogP contribution in [0.2, 0.25) is 0 Å². The molecule has 94 valence electrons. The van der Waals surface area contributed by atoms with Gasteiger partial charge in [-0.2, -0.15) is 0 Å². The third kappa shape index (κ3) is 2.79. The van der Waals surface area contributed by atoms with Crippen molar-refractivity contribution in [2.45, 2.75) is 44.8 Å². The van der Waals surface area contributed by atoms with Crippen LogP contribution in [0, 0.1) is 13.8 Å². The van der Waals surface area contributed by atoms with Crippen molar-refractivity contribution in [2.24, 2.45) is 5.73 Å². The standard InChI is InChI=1S/C14H21NO2/c1-10-3-4-12(7-11(10)2)17-13-5-6-14(15,8-13)9-16/h3-4,7,13,16H,5-6,8-9,15H2,1-2H3. The number of aliphatic hydroxyl groups is 1. The van der Waals surface area contributed by atoms with Crippen molar-refractivity contribution >= 4 is 0 Å². The smallest absolute Gasteiger partial charge is 0.120 e. The Kier molecular flexibility index (Phi) is 3.40. The molecule has 1 aliphatic rings. The fourth-order valence-corrected chi connectivity index (χ4v) is 2.33. The lowest BCUT2D eigenvalue weighted by atomic mass is 10.0. The van der Waals surface area contributed by atoms with Gasteiger partial charge in [0.1, 0.15) is 11.9 Å². The maximum atomic E-state index is 9.21. The molecule has 3 heteroatoms. The van der Waals surface area contributed by atoms with Crippen molar-refractivity contribution in [3.8, 4) is 5.75 Å². The Bertz CT molecular complexity index is 405. The van der Waals surface area contributed by atoms with Gasteiger partial charge in [0.25, 0.3) is 0 Å². The first kappa shape index (κ1) is 12.4. The van der Waals surface area contributed by atoms with E-state index in [4.69, 9.17) is 10.5 Å². The number of aryl methyl sites for hydroxylation is 2.